The summed E-state index contributed by atoms with van der Waals surface area (Å²) in [5, 5.41) is 1.77. The number of hydrogen-bond donors (Lipinski definition) is 1. The molecule has 3 heterocycles. The van der Waals surface area contributed by atoms with Gasteiger partial charge >= 0.3 is 0 Å². The van der Waals surface area contributed by atoms with Crippen molar-refractivity contribution in [2.75, 3.05) is 13.3 Å². The molecule has 6 heteroatoms. The third kappa shape index (κ3) is 3.59. The average Bonchev–Trinajstić information content (AvgIpc) is 3.47. The highest BCUT2D eigenvalue weighted by Gasteiger charge is 2.34. The summed E-state index contributed by atoms with van der Waals surface area (Å²) < 4.78 is 17.4. The molecule has 172 valence electrons. The highest BCUT2D eigenvalue weighted by Crippen LogP contribution is 2.42. The van der Waals surface area contributed by atoms with E-state index in [1.165, 1.54) is 22.1 Å². The maximum absolute atomic E-state index is 6.18. The van der Waals surface area contributed by atoms with Crippen molar-refractivity contribution < 1.29 is 14.2 Å². The first-order valence-corrected chi connectivity index (χ1v) is 12.0. The summed E-state index contributed by atoms with van der Waals surface area (Å²) in [6.07, 6.45) is 0.896. The first-order valence-electron chi connectivity index (χ1n) is 11.6. The van der Waals surface area contributed by atoms with Crippen LogP contribution in [0.4, 0.5) is 0 Å². The van der Waals surface area contributed by atoms with Crippen LogP contribution in [-0.2, 0) is 17.8 Å². The van der Waals surface area contributed by atoms with E-state index in [0.717, 1.165) is 46.8 Å². The van der Waals surface area contributed by atoms with Crippen LogP contribution in [0.3, 0.4) is 0 Å². The van der Waals surface area contributed by atoms with Gasteiger partial charge < -0.3 is 24.1 Å². The fourth-order valence-corrected chi connectivity index (χ4v) is 5.24. The molecular weight excluding hydrogens is 444 g/mol. The molecule has 0 amide bonds. The average molecular weight is 471 g/mol. The molecule has 3 aromatic carbocycles. The van der Waals surface area contributed by atoms with E-state index in [1.54, 1.807) is 0 Å². The lowest BCUT2D eigenvalue weighted by Crippen LogP contribution is -2.40. The number of fused-ring (bicyclic) bond motifs is 4. The largest absolute Gasteiger partial charge is 0.466 e. The molecule has 4 aromatic rings. The van der Waals surface area contributed by atoms with Crippen molar-refractivity contribution >= 4 is 28.3 Å². The zero-order chi connectivity index (χ0) is 23.2. The van der Waals surface area contributed by atoms with Gasteiger partial charge in [0.05, 0.1) is 6.04 Å². The van der Waals surface area contributed by atoms with Crippen LogP contribution in [0.25, 0.3) is 10.9 Å². The summed E-state index contributed by atoms with van der Waals surface area (Å²) in [5.74, 6) is 1.54. The second kappa shape index (κ2) is 8.37. The summed E-state index contributed by atoms with van der Waals surface area (Å²) in [6.45, 7) is 5.72. The Morgan fingerprint density at radius 3 is 2.76 bits per heavy atom. The molecule has 0 radical (unpaired) electrons. The van der Waals surface area contributed by atoms with Gasteiger partial charge in [0.15, 0.2) is 11.5 Å². The summed E-state index contributed by atoms with van der Waals surface area (Å²) >= 11 is 5.85. The summed E-state index contributed by atoms with van der Waals surface area (Å²) in [5.41, 5.74) is 8.38. The number of thiocarbonyl (C=S) groups is 1. The number of aryl methyl sites for hydroxylation is 2. The van der Waals surface area contributed by atoms with Crippen molar-refractivity contribution in [2.45, 2.75) is 32.9 Å². The molecule has 0 spiro atoms. The molecule has 6 rings (SSSR count). The fraction of sp³-hybridized carbons (Fsp3) is 0.250. The topological polar surface area (TPSA) is 46.7 Å². The molecule has 0 aliphatic carbocycles. The summed E-state index contributed by atoms with van der Waals surface area (Å²) in [6, 6.07) is 20.9. The van der Waals surface area contributed by atoms with Crippen molar-refractivity contribution in [1.29, 1.82) is 0 Å². The predicted octanol–water partition coefficient (Wildman–Crippen LogP) is 5.96. The number of nitrogens with zero attached hydrogens (tertiary/aromatic N) is 1. The second-order valence-electron chi connectivity index (χ2n) is 8.99. The predicted molar refractivity (Wildman–Crippen MR) is 136 cm³/mol. The number of ether oxygens (including phenoxy) is 3. The highest BCUT2D eigenvalue weighted by molar-refractivity contribution is 7.80. The number of nitrogens with one attached hydrogen (secondary N) is 1. The third-order valence-electron chi connectivity index (χ3n) is 6.91. The van der Waals surface area contributed by atoms with Gasteiger partial charge in [-0.15, -0.1) is 0 Å². The Labute approximate surface area is 204 Å². The highest BCUT2D eigenvalue weighted by atomic mass is 32.1. The normalized spacial score (nSPS) is 16.5. The fourth-order valence-electron chi connectivity index (χ4n) is 4.99. The van der Waals surface area contributed by atoms with Crippen LogP contribution in [0.2, 0.25) is 0 Å². The number of hydrogen-bond acceptors (Lipinski definition) is 4. The Bertz CT molecular complexity index is 1410. The van der Waals surface area contributed by atoms with Crippen LogP contribution < -0.4 is 9.47 Å². The minimum atomic E-state index is -0.0992. The van der Waals surface area contributed by atoms with E-state index in [0.29, 0.717) is 11.8 Å². The smallest absolute Gasteiger partial charge is 0.260 e. The van der Waals surface area contributed by atoms with E-state index in [4.69, 9.17) is 26.4 Å². The van der Waals surface area contributed by atoms with Crippen molar-refractivity contribution in [3.05, 3.63) is 94.2 Å². The van der Waals surface area contributed by atoms with Gasteiger partial charge in [0, 0.05) is 23.1 Å². The van der Waals surface area contributed by atoms with E-state index < -0.39 is 0 Å². The number of aromatic amines is 1. The summed E-state index contributed by atoms with van der Waals surface area (Å²) in [4.78, 5) is 5.86. The molecule has 2 aliphatic heterocycles. The first kappa shape index (κ1) is 21.1. The van der Waals surface area contributed by atoms with Crippen molar-refractivity contribution in [3.8, 4) is 11.5 Å². The van der Waals surface area contributed by atoms with Gasteiger partial charge in [-0.25, -0.2) is 0 Å². The van der Waals surface area contributed by atoms with Gasteiger partial charge in [0.2, 0.25) is 6.79 Å². The molecule has 0 saturated heterocycles. The maximum atomic E-state index is 6.18. The van der Waals surface area contributed by atoms with Gasteiger partial charge in [0.25, 0.3) is 5.17 Å². The van der Waals surface area contributed by atoms with Gasteiger partial charge in [-0.05, 0) is 78.5 Å². The summed E-state index contributed by atoms with van der Waals surface area (Å²) in [7, 11) is 0. The standard InChI is InChI=1S/C28H26N2O3S/c1-17-7-8-19(13-18(17)2)15-31-28(34)30-12-11-22-21-5-3-4-6-23(21)29-26(22)27(30)20-9-10-24-25(14-20)33-16-32-24/h3-10,13-14,27,29H,11-12,15-16H2,1-2H3. The van der Waals surface area contributed by atoms with Crippen LogP contribution >= 0.6 is 12.2 Å². The third-order valence-corrected chi connectivity index (χ3v) is 7.27. The molecule has 0 bridgehead atoms. The van der Waals surface area contributed by atoms with Crippen LogP contribution in [-0.4, -0.2) is 28.4 Å². The number of benzene rings is 3. The minimum Gasteiger partial charge on any atom is -0.466 e. The maximum Gasteiger partial charge on any atom is 0.260 e. The Kier molecular flexibility index (Phi) is 5.18. The number of para-hydroxylation sites is 1. The van der Waals surface area contributed by atoms with Gasteiger partial charge in [-0.3, -0.25) is 0 Å². The zero-order valence-corrected chi connectivity index (χ0v) is 20.1. The lowest BCUT2D eigenvalue weighted by atomic mass is 9.92. The van der Waals surface area contributed by atoms with Crippen molar-refractivity contribution in [2.24, 2.45) is 0 Å². The molecule has 1 N–H and O–H groups in total. The van der Waals surface area contributed by atoms with Gasteiger partial charge in [0.1, 0.15) is 6.61 Å². The SMILES string of the molecule is Cc1ccc(COC(=S)N2CCc3c([nH]c4ccccc34)C2c2ccc3c(c2)OCO3)cc1C. The molecule has 34 heavy (non-hydrogen) atoms. The molecule has 0 fully saturated rings. The minimum absolute atomic E-state index is 0.0992. The Morgan fingerprint density at radius 2 is 1.88 bits per heavy atom. The second-order valence-corrected chi connectivity index (χ2v) is 9.34. The Hall–Kier alpha value is -3.51. The monoisotopic (exact) mass is 470 g/mol. The number of aromatic nitrogens is 1. The van der Waals surface area contributed by atoms with E-state index in [-0.39, 0.29) is 12.8 Å². The molecule has 1 unspecified atom stereocenters. The molecule has 1 atom stereocenters. The molecule has 5 nitrogen and oxygen atoms in total. The first-order chi connectivity index (χ1) is 16.6. The lowest BCUT2D eigenvalue weighted by Gasteiger charge is -2.37. The molecule has 2 aliphatic rings. The van der Waals surface area contributed by atoms with Crippen LogP contribution in [0, 0.1) is 13.8 Å². The lowest BCUT2D eigenvalue weighted by molar-refractivity contribution is 0.173. The van der Waals surface area contributed by atoms with Crippen molar-refractivity contribution in [1.82, 2.24) is 9.88 Å². The van der Waals surface area contributed by atoms with Crippen LogP contribution in [0.5, 0.6) is 11.5 Å². The van der Waals surface area contributed by atoms with E-state index in [9.17, 15) is 0 Å². The van der Waals surface area contributed by atoms with Crippen LogP contribution in [0.1, 0.15) is 39.6 Å². The quantitative estimate of drug-likeness (QED) is 0.374. The van der Waals surface area contributed by atoms with Gasteiger partial charge in [-0.1, -0.05) is 42.5 Å². The molecule has 0 saturated carbocycles. The van der Waals surface area contributed by atoms with E-state index in [1.807, 2.05) is 6.07 Å². The van der Waals surface area contributed by atoms with Crippen LogP contribution in [0.15, 0.2) is 60.7 Å². The zero-order valence-electron chi connectivity index (χ0n) is 19.3. The van der Waals surface area contributed by atoms with E-state index >= 15 is 0 Å². The number of H-pyrrole nitrogens is 1. The van der Waals surface area contributed by atoms with Crippen molar-refractivity contribution in [3.63, 3.8) is 0 Å². The molecule has 1 aromatic heterocycles. The Balaban J connectivity index is 1.36. The Morgan fingerprint density at radius 1 is 1.03 bits per heavy atom. The number of rotatable bonds is 3. The van der Waals surface area contributed by atoms with E-state index in [2.05, 4.69) is 78.3 Å². The van der Waals surface area contributed by atoms with Gasteiger partial charge in [-0.2, -0.15) is 0 Å². The molecular formula is C28H26N2O3S.